The third-order valence-corrected chi connectivity index (χ3v) is 1.57. The second kappa shape index (κ2) is 5.01. The Morgan fingerprint density at radius 3 is 2.57 bits per heavy atom. The summed E-state index contributed by atoms with van der Waals surface area (Å²) in [4.78, 5) is 15.8. The van der Waals surface area contributed by atoms with E-state index in [9.17, 15) is 4.79 Å². The van der Waals surface area contributed by atoms with Crippen LogP contribution in [0.3, 0.4) is 0 Å². The molecule has 0 aliphatic carbocycles. The third kappa shape index (κ3) is 2.58. The fourth-order valence-corrected chi connectivity index (χ4v) is 0.965. The molecular formula is C10H12N2O2. The van der Waals surface area contributed by atoms with E-state index in [1.165, 1.54) is 0 Å². The maximum atomic E-state index is 11.0. The summed E-state index contributed by atoms with van der Waals surface area (Å²) in [6.45, 7) is 2.19. The number of primary amides is 1. The van der Waals surface area contributed by atoms with E-state index >= 15 is 0 Å². The van der Waals surface area contributed by atoms with Crippen LogP contribution in [0.5, 0.6) is 0 Å². The molecule has 0 saturated heterocycles. The zero-order valence-electron chi connectivity index (χ0n) is 7.93. The zero-order valence-corrected chi connectivity index (χ0v) is 7.93. The second-order valence-electron chi connectivity index (χ2n) is 2.59. The van der Waals surface area contributed by atoms with Crippen LogP contribution < -0.4 is 5.73 Å². The molecule has 4 heteroatoms. The maximum Gasteiger partial charge on any atom is 0.271 e. The van der Waals surface area contributed by atoms with Crippen molar-refractivity contribution in [1.29, 1.82) is 0 Å². The first-order valence-electron chi connectivity index (χ1n) is 4.31. The normalized spacial score (nSPS) is 11.1. The molecule has 1 amide bonds. The molecule has 2 N–H and O–H groups in total. The Morgan fingerprint density at radius 1 is 1.43 bits per heavy atom. The fourth-order valence-electron chi connectivity index (χ4n) is 0.965. The van der Waals surface area contributed by atoms with Gasteiger partial charge in [0.25, 0.3) is 5.91 Å². The van der Waals surface area contributed by atoms with Gasteiger partial charge in [-0.15, -0.1) is 0 Å². The van der Waals surface area contributed by atoms with Crippen LogP contribution in [0.15, 0.2) is 35.5 Å². The number of nitrogens with zero attached hydrogens (tertiary/aromatic N) is 1. The molecule has 0 heterocycles. The highest BCUT2D eigenvalue weighted by molar-refractivity contribution is 6.44. The minimum Gasteiger partial charge on any atom is -0.395 e. The summed E-state index contributed by atoms with van der Waals surface area (Å²) in [5.74, 6) is -0.593. The average molecular weight is 192 g/mol. The van der Waals surface area contributed by atoms with Crippen LogP contribution in [0.1, 0.15) is 12.5 Å². The predicted molar refractivity (Wildman–Crippen MR) is 53.8 cm³/mol. The van der Waals surface area contributed by atoms with Crippen LogP contribution >= 0.6 is 0 Å². The Labute approximate surface area is 82.4 Å². The molecule has 1 aromatic carbocycles. The topological polar surface area (TPSA) is 64.7 Å². The zero-order chi connectivity index (χ0) is 10.4. The van der Waals surface area contributed by atoms with E-state index < -0.39 is 5.91 Å². The van der Waals surface area contributed by atoms with E-state index in [2.05, 4.69) is 5.16 Å². The molecule has 0 saturated carbocycles. The number of oxime groups is 1. The number of hydrogen-bond acceptors (Lipinski definition) is 3. The first-order valence-corrected chi connectivity index (χ1v) is 4.31. The van der Waals surface area contributed by atoms with Gasteiger partial charge in [-0.1, -0.05) is 35.5 Å². The number of benzene rings is 1. The molecule has 1 rings (SSSR count). The lowest BCUT2D eigenvalue weighted by Crippen LogP contribution is -2.24. The van der Waals surface area contributed by atoms with Crippen LogP contribution in [0.4, 0.5) is 0 Å². The lowest BCUT2D eigenvalue weighted by Gasteiger charge is -2.01. The van der Waals surface area contributed by atoms with Gasteiger partial charge in [0, 0.05) is 5.56 Å². The SMILES string of the molecule is CCO/N=C(\C(N)=O)c1ccccc1. The summed E-state index contributed by atoms with van der Waals surface area (Å²) in [6.07, 6.45) is 0. The number of rotatable bonds is 4. The molecular weight excluding hydrogens is 180 g/mol. The second-order valence-corrected chi connectivity index (χ2v) is 2.59. The number of nitrogens with two attached hydrogens (primary N) is 1. The predicted octanol–water partition coefficient (Wildman–Crippen LogP) is 0.912. The summed E-state index contributed by atoms with van der Waals surface area (Å²) < 4.78 is 0. The first kappa shape index (κ1) is 10.2. The van der Waals surface area contributed by atoms with Gasteiger partial charge in [-0.2, -0.15) is 0 Å². The van der Waals surface area contributed by atoms with Crippen LogP contribution in [0, 0.1) is 0 Å². The Hall–Kier alpha value is -1.84. The van der Waals surface area contributed by atoms with E-state index in [0.29, 0.717) is 12.2 Å². The Balaban J connectivity index is 2.95. The molecule has 1 aromatic rings. The molecule has 4 nitrogen and oxygen atoms in total. The maximum absolute atomic E-state index is 11.0. The van der Waals surface area contributed by atoms with Gasteiger partial charge >= 0.3 is 0 Å². The number of carbonyl (C=O) groups excluding carboxylic acids is 1. The average Bonchev–Trinajstić information content (AvgIpc) is 2.19. The van der Waals surface area contributed by atoms with Gasteiger partial charge in [0.15, 0.2) is 5.71 Å². The van der Waals surface area contributed by atoms with Crippen molar-refractivity contribution in [2.45, 2.75) is 6.92 Å². The quantitative estimate of drug-likeness (QED) is 0.569. The van der Waals surface area contributed by atoms with Crippen LogP contribution in [-0.4, -0.2) is 18.2 Å². The lowest BCUT2D eigenvalue weighted by molar-refractivity contribution is -0.112. The molecule has 0 unspecified atom stereocenters. The van der Waals surface area contributed by atoms with E-state index in [-0.39, 0.29) is 5.71 Å². The highest BCUT2D eigenvalue weighted by Gasteiger charge is 2.09. The van der Waals surface area contributed by atoms with E-state index in [4.69, 9.17) is 10.6 Å². The van der Waals surface area contributed by atoms with Crippen molar-refractivity contribution in [2.75, 3.05) is 6.61 Å². The molecule has 74 valence electrons. The van der Waals surface area contributed by atoms with Crippen molar-refractivity contribution in [2.24, 2.45) is 10.9 Å². The monoisotopic (exact) mass is 192 g/mol. The van der Waals surface area contributed by atoms with E-state index in [0.717, 1.165) is 0 Å². The summed E-state index contributed by atoms with van der Waals surface area (Å²) in [5.41, 5.74) is 5.97. The lowest BCUT2D eigenvalue weighted by atomic mass is 10.1. The minimum absolute atomic E-state index is 0.146. The van der Waals surface area contributed by atoms with Gasteiger partial charge in [-0.25, -0.2) is 0 Å². The van der Waals surface area contributed by atoms with Crippen molar-refractivity contribution in [3.8, 4) is 0 Å². The van der Waals surface area contributed by atoms with Crippen molar-refractivity contribution in [3.63, 3.8) is 0 Å². The van der Waals surface area contributed by atoms with Crippen LogP contribution in [-0.2, 0) is 9.63 Å². The van der Waals surface area contributed by atoms with E-state index in [1.54, 1.807) is 31.2 Å². The van der Waals surface area contributed by atoms with Crippen LogP contribution in [0.25, 0.3) is 0 Å². The van der Waals surface area contributed by atoms with E-state index in [1.807, 2.05) is 6.07 Å². The van der Waals surface area contributed by atoms with Gasteiger partial charge in [-0.05, 0) is 6.92 Å². The smallest absolute Gasteiger partial charge is 0.271 e. The fraction of sp³-hybridized carbons (Fsp3) is 0.200. The van der Waals surface area contributed by atoms with Gasteiger partial charge in [-0.3, -0.25) is 4.79 Å². The number of carbonyl (C=O) groups is 1. The summed E-state index contributed by atoms with van der Waals surface area (Å²) in [7, 11) is 0. The van der Waals surface area contributed by atoms with Gasteiger partial charge in [0.2, 0.25) is 0 Å². The van der Waals surface area contributed by atoms with Gasteiger partial charge in [0.05, 0.1) is 0 Å². The van der Waals surface area contributed by atoms with Crippen LogP contribution in [0.2, 0.25) is 0 Å². The highest BCUT2D eigenvalue weighted by Crippen LogP contribution is 2.01. The first-order chi connectivity index (χ1) is 6.75. The molecule has 14 heavy (non-hydrogen) atoms. The molecule has 0 atom stereocenters. The molecule has 0 fully saturated rings. The Kier molecular flexibility index (Phi) is 3.67. The summed E-state index contributed by atoms with van der Waals surface area (Å²) in [5, 5.41) is 3.65. The van der Waals surface area contributed by atoms with Crippen molar-refractivity contribution >= 4 is 11.6 Å². The highest BCUT2D eigenvalue weighted by atomic mass is 16.6. The van der Waals surface area contributed by atoms with Crippen molar-refractivity contribution < 1.29 is 9.63 Å². The van der Waals surface area contributed by atoms with Crippen molar-refractivity contribution in [1.82, 2.24) is 0 Å². The number of amides is 1. The molecule has 0 aliphatic rings. The largest absolute Gasteiger partial charge is 0.395 e. The third-order valence-electron chi connectivity index (χ3n) is 1.57. The number of hydrogen-bond donors (Lipinski definition) is 1. The van der Waals surface area contributed by atoms with Gasteiger partial charge < -0.3 is 10.6 Å². The minimum atomic E-state index is -0.593. The standard InChI is InChI=1S/C10H12N2O2/c1-2-14-12-9(10(11)13)8-6-4-3-5-7-8/h3-7H,2H2,1H3,(H2,11,13)/b12-9-. The van der Waals surface area contributed by atoms with Crippen molar-refractivity contribution in [3.05, 3.63) is 35.9 Å². The Morgan fingerprint density at radius 2 is 2.07 bits per heavy atom. The Bertz CT molecular complexity index is 333. The molecule has 0 bridgehead atoms. The summed E-state index contributed by atoms with van der Waals surface area (Å²) in [6, 6.07) is 8.97. The molecule has 0 spiro atoms. The van der Waals surface area contributed by atoms with Gasteiger partial charge in [0.1, 0.15) is 6.61 Å². The summed E-state index contributed by atoms with van der Waals surface area (Å²) >= 11 is 0. The molecule has 0 aromatic heterocycles. The molecule has 0 aliphatic heterocycles. The molecule has 0 radical (unpaired) electrons.